The molecule has 0 aliphatic rings. The number of rotatable bonds is 9. The first kappa shape index (κ1) is 25.6. The Kier molecular flexibility index (Phi) is 8.12. The summed E-state index contributed by atoms with van der Waals surface area (Å²) >= 11 is 12.4. The summed E-state index contributed by atoms with van der Waals surface area (Å²) in [5.41, 5.74) is 2.53. The molecule has 178 valence electrons. The summed E-state index contributed by atoms with van der Waals surface area (Å²) in [6, 6.07) is 10.8. The van der Waals surface area contributed by atoms with Gasteiger partial charge in [0.25, 0.3) is 0 Å². The highest BCUT2D eigenvalue weighted by atomic mass is 35.5. The topological polar surface area (TPSA) is 75.7 Å². The second-order valence-electron chi connectivity index (χ2n) is 9.21. The molecule has 0 spiro atoms. The van der Waals surface area contributed by atoms with Crippen LogP contribution in [0.25, 0.3) is 11.5 Å². The van der Waals surface area contributed by atoms with Crippen LogP contribution in [-0.4, -0.2) is 27.4 Å². The van der Waals surface area contributed by atoms with Crippen molar-refractivity contribution in [1.29, 1.82) is 0 Å². The van der Waals surface area contributed by atoms with Gasteiger partial charge in [0.1, 0.15) is 17.1 Å². The zero-order valence-corrected chi connectivity index (χ0v) is 21.2. The maximum Gasteiger partial charge on any atom is 0.228 e. The lowest BCUT2D eigenvalue weighted by atomic mass is 9.99. The molecule has 1 heterocycles. The lowest BCUT2D eigenvalue weighted by molar-refractivity contribution is 0.0406. The molecule has 0 saturated heterocycles. The van der Waals surface area contributed by atoms with Crippen LogP contribution in [0, 0.1) is 6.92 Å². The van der Waals surface area contributed by atoms with Crippen LogP contribution in [0.4, 0.5) is 0 Å². The van der Waals surface area contributed by atoms with Gasteiger partial charge in [-0.05, 0) is 75.1 Å². The summed E-state index contributed by atoms with van der Waals surface area (Å²) in [4.78, 5) is 4.69. The third-order valence-electron chi connectivity index (χ3n) is 5.42. The molecule has 1 atom stereocenters. The number of aromatic nitrogens is 1. The van der Waals surface area contributed by atoms with Crippen molar-refractivity contribution in [3.05, 3.63) is 69.0 Å². The third-order valence-corrected chi connectivity index (χ3v) is 5.97. The fourth-order valence-electron chi connectivity index (χ4n) is 3.54. The molecule has 2 aromatic carbocycles. The van der Waals surface area contributed by atoms with Crippen LogP contribution < -0.4 is 4.74 Å². The summed E-state index contributed by atoms with van der Waals surface area (Å²) < 4.78 is 11.9. The molecule has 0 radical (unpaired) electrons. The minimum Gasteiger partial charge on any atom is -0.485 e. The molecule has 2 N–H and O–H groups in total. The molecule has 0 saturated carbocycles. The van der Waals surface area contributed by atoms with Crippen LogP contribution in [0.1, 0.15) is 68.7 Å². The van der Waals surface area contributed by atoms with E-state index >= 15 is 0 Å². The van der Waals surface area contributed by atoms with Gasteiger partial charge in [-0.3, -0.25) is 0 Å². The number of aliphatic hydroxyl groups excluding tert-OH is 2. The number of aliphatic hydroxyl groups is 2. The quantitative estimate of drug-likeness (QED) is 0.340. The van der Waals surface area contributed by atoms with E-state index in [1.165, 1.54) is 0 Å². The smallest absolute Gasteiger partial charge is 0.228 e. The molecule has 0 aliphatic carbocycles. The highest BCUT2D eigenvalue weighted by Crippen LogP contribution is 2.34. The Morgan fingerprint density at radius 3 is 2.45 bits per heavy atom. The van der Waals surface area contributed by atoms with Crippen LogP contribution in [0.3, 0.4) is 0 Å². The number of aryl methyl sites for hydroxylation is 2. The molecule has 1 unspecified atom stereocenters. The van der Waals surface area contributed by atoms with Crippen molar-refractivity contribution in [2.75, 3.05) is 6.61 Å². The fraction of sp³-hybridized carbons (Fsp3) is 0.423. The Bertz CT molecular complexity index is 1110. The van der Waals surface area contributed by atoms with Gasteiger partial charge < -0.3 is 19.4 Å². The lowest BCUT2D eigenvalue weighted by Crippen LogP contribution is -2.32. The Labute approximate surface area is 205 Å². The van der Waals surface area contributed by atoms with Gasteiger partial charge in [0, 0.05) is 10.9 Å². The second kappa shape index (κ2) is 10.5. The summed E-state index contributed by atoms with van der Waals surface area (Å²) in [6.45, 7) is 9.58. The molecule has 3 aromatic rings. The van der Waals surface area contributed by atoms with E-state index in [4.69, 9.17) is 37.3 Å². The average molecular weight is 492 g/mol. The van der Waals surface area contributed by atoms with Gasteiger partial charge in [-0.25, -0.2) is 4.98 Å². The zero-order chi connectivity index (χ0) is 24.3. The van der Waals surface area contributed by atoms with Crippen molar-refractivity contribution < 1.29 is 19.4 Å². The van der Waals surface area contributed by atoms with Crippen molar-refractivity contribution in [3.63, 3.8) is 0 Å². The van der Waals surface area contributed by atoms with Crippen molar-refractivity contribution in [2.45, 2.75) is 65.1 Å². The maximum absolute atomic E-state index is 10.8. The minimum atomic E-state index is -0.671. The third kappa shape index (κ3) is 6.30. The standard InChI is InChI=1S/C26H31Cl2NO4/c1-15(2)24-21(29-25(32-24)19-8-7-18(27)13-20(19)28)9-10-22(31)17-6-11-23(16(3)12-17)33-26(4,5)14-30/h6-8,11-13,15,22,30-31H,9-10,14H2,1-5H3. The Hall–Kier alpha value is -2.05. The molecule has 33 heavy (non-hydrogen) atoms. The van der Waals surface area contributed by atoms with Crippen LogP contribution in [-0.2, 0) is 6.42 Å². The SMILES string of the molecule is Cc1cc(C(O)CCc2nc(-c3ccc(Cl)cc3Cl)oc2C(C)C)ccc1OC(C)(C)CO. The van der Waals surface area contributed by atoms with E-state index in [0.717, 1.165) is 22.6 Å². The van der Waals surface area contributed by atoms with Gasteiger partial charge >= 0.3 is 0 Å². The van der Waals surface area contributed by atoms with E-state index in [1.807, 2.05) is 52.8 Å². The van der Waals surface area contributed by atoms with Crippen LogP contribution in [0.2, 0.25) is 10.0 Å². The van der Waals surface area contributed by atoms with E-state index in [-0.39, 0.29) is 12.5 Å². The summed E-state index contributed by atoms with van der Waals surface area (Å²) in [7, 11) is 0. The van der Waals surface area contributed by atoms with Crippen LogP contribution in [0.15, 0.2) is 40.8 Å². The molecule has 1 aromatic heterocycles. The van der Waals surface area contributed by atoms with Gasteiger partial charge in [-0.1, -0.05) is 43.1 Å². The summed E-state index contributed by atoms with van der Waals surface area (Å²) in [6.07, 6.45) is 0.378. The van der Waals surface area contributed by atoms with Crippen LogP contribution in [0.5, 0.6) is 5.75 Å². The molecule has 0 bridgehead atoms. The Balaban J connectivity index is 1.76. The van der Waals surface area contributed by atoms with Crippen LogP contribution >= 0.6 is 23.2 Å². The number of halogens is 2. The lowest BCUT2D eigenvalue weighted by Gasteiger charge is -2.25. The van der Waals surface area contributed by atoms with E-state index in [0.29, 0.717) is 40.1 Å². The number of nitrogens with zero attached hydrogens (tertiary/aromatic N) is 1. The van der Waals surface area contributed by atoms with Gasteiger partial charge in [-0.2, -0.15) is 0 Å². The molecule has 0 amide bonds. The Morgan fingerprint density at radius 1 is 1.12 bits per heavy atom. The largest absolute Gasteiger partial charge is 0.485 e. The van der Waals surface area contributed by atoms with E-state index < -0.39 is 11.7 Å². The van der Waals surface area contributed by atoms with Gasteiger partial charge in [0.15, 0.2) is 0 Å². The number of oxazole rings is 1. The Morgan fingerprint density at radius 2 is 1.85 bits per heavy atom. The molecular weight excluding hydrogens is 461 g/mol. The first-order chi connectivity index (χ1) is 15.5. The highest BCUT2D eigenvalue weighted by molar-refractivity contribution is 6.36. The maximum atomic E-state index is 10.8. The number of hydrogen-bond acceptors (Lipinski definition) is 5. The first-order valence-electron chi connectivity index (χ1n) is 11.0. The predicted octanol–water partition coefficient (Wildman–Crippen LogP) is 6.90. The molecule has 3 rings (SSSR count). The van der Waals surface area contributed by atoms with Crippen molar-refractivity contribution >= 4 is 23.2 Å². The number of hydrogen-bond donors (Lipinski definition) is 2. The van der Waals surface area contributed by atoms with E-state index in [2.05, 4.69) is 0 Å². The molecule has 0 fully saturated rings. The first-order valence-corrected chi connectivity index (χ1v) is 11.8. The van der Waals surface area contributed by atoms with Crippen molar-refractivity contribution in [1.82, 2.24) is 4.98 Å². The van der Waals surface area contributed by atoms with Crippen molar-refractivity contribution in [3.8, 4) is 17.2 Å². The van der Waals surface area contributed by atoms with Crippen molar-refractivity contribution in [2.24, 2.45) is 0 Å². The molecule has 0 aliphatic heterocycles. The highest BCUT2D eigenvalue weighted by Gasteiger charge is 2.22. The normalized spacial score (nSPS) is 12.9. The van der Waals surface area contributed by atoms with E-state index in [9.17, 15) is 10.2 Å². The van der Waals surface area contributed by atoms with E-state index in [1.54, 1.807) is 18.2 Å². The van der Waals surface area contributed by atoms with Gasteiger partial charge in [0.05, 0.1) is 29.0 Å². The summed E-state index contributed by atoms with van der Waals surface area (Å²) in [5, 5.41) is 21.3. The molecular formula is C26H31Cl2NO4. The fourth-order valence-corrected chi connectivity index (χ4v) is 4.03. The number of benzene rings is 2. The molecule has 5 nitrogen and oxygen atoms in total. The van der Waals surface area contributed by atoms with Gasteiger partial charge in [0.2, 0.25) is 5.89 Å². The zero-order valence-electron chi connectivity index (χ0n) is 19.7. The predicted molar refractivity (Wildman–Crippen MR) is 132 cm³/mol. The number of ether oxygens (including phenoxy) is 1. The monoisotopic (exact) mass is 491 g/mol. The minimum absolute atomic E-state index is 0.0874. The average Bonchev–Trinajstić information content (AvgIpc) is 3.17. The second-order valence-corrected chi connectivity index (χ2v) is 10.1. The molecule has 7 heteroatoms. The van der Waals surface area contributed by atoms with Gasteiger partial charge in [-0.15, -0.1) is 0 Å². The summed E-state index contributed by atoms with van der Waals surface area (Å²) in [5.74, 6) is 2.06.